The Labute approximate surface area is 80.6 Å². The number of carbonyl (C=O) groups is 1. The highest BCUT2D eigenvalue weighted by Gasteiger charge is 2.06. The molecule has 0 aliphatic heterocycles. The zero-order chi connectivity index (χ0) is 9.97. The molecule has 0 saturated heterocycles. The zero-order valence-corrected chi connectivity index (χ0v) is 7.60. The highest BCUT2D eigenvalue weighted by Crippen LogP contribution is 2.15. The van der Waals surface area contributed by atoms with Gasteiger partial charge in [-0.25, -0.2) is 0 Å². The number of aromatic nitrogens is 2. The standard InChI is InChI=1S/C10H8N2O2/c1-7-2-4-8(5-3-7)10-11-9(6-13)14-12-10/h2-6H,1H3. The Morgan fingerprint density at radius 3 is 2.57 bits per heavy atom. The molecule has 70 valence electrons. The fourth-order valence-corrected chi connectivity index (χ4v) is 1.10. The van der Waals surface area contributed by atoms with Crippen LogP contribution in [0.4, 0.5) is 0 Å². The van der Waals surface area contributed by atoms with Crippen molar-refractivity contribution in [2.24, 2.45) is 0 Å². The van der Waals surface area contributed by atoms with Crippen molar-refractivity contribution in [2.75, 3.05) is 0 Å². The Bertz CT molecular complexity index is 445. The molecule has 0 bridgehead atoms. The predicted octanol–water partition coefficient (Wildman–Crippen LogP) is 1.86. The minimum atomic E-state index is 0.000532. The van der Waals surface area contributed by atoms with Gasteiger partial charge in [0.1, 0.15) is 0 Å². The third kappa shape index (κ3) is 1.54. The second-order valence-electron chi connectivity index (χ2n) is 2.94. The molecule has 0 saturated carbocycles. The SMILES string of the molecule is Cc1ccc(-c2noc(C=O)n2)cc1. The van der Waals surface area contributed by atoms with E-state index in [4.69, 9.17) is 0 Å². The number of benzene rings is 1. The molecule has 0 fully saturated rings. The predicted molar refractivity (Wildman–Crippen MR) is 49.9 cm³/mol. The summed E-state index contributed by atoms with van der Waals surface area (Å²) in [5.41, 5.74) is 2.00. The van der Waals surface area contributed by atoms with Gasteiger partial charge < -0.3 is 4.52 Å². The quantitative estimate of drug-likeness (QED) is 0.675. The van der Waals surface area contributed by atoms with E-state index in [-0.39, 0.29) is 5.89 Å². The first kappa shape index (κ1) is 8.62. The summed E-state index contributed by atoms with van der Waals surface area (Å²) in [7, 11) is 0. The highest BCUT2D eigenvalue weighted by atomic mass is 16.5. The van der Waals surface area contributed by atoms with Crippen LogP contribution in [0.5, 0.6) is 0 Å². The van der Waals surface area contributed by atoms with E-state index >= 15 is 0 Å². The first-order chi connectivity index (χ1) is 6.79. The van der Waals surface area contributed by atoms with Gasteiger partial charge in [-0.3, -0.25) is 4.79 Å². The summed E-state index contributed by atoms with van der Waals surface area (Å²) >= 11 is 0. The first-order valence-corrected chi connectivity index (χ1v) is 4.15. The van der Waals surface area contributed by atoms with Gasteiger partial charge >= 0.3 is 0 Å². The number of hydrogen-bond acceptors (Lipinski definition) is 4. The summed E-state index contributed by atoms with van der Waals surface area (Å²) in [5.74, 6) is 0.438. The summed E-state index contributed by atoms with van der Waals surface area (Å²) in [6.45, 7) is 2.00. The van der Waals surface area contributed by atoms with Crippen molar-refractivity contribution in [3.8, 4) is 11.4 Å². The van der Waals surface area contributed by atoms with Crippen LogP contribution in [-0.2, 0) is 0 Å². The largest absolute Gasteiger partial charge is 0.331 e. The number of aldehydes is 1. The summed E-state index contributed by atoms with van der Waals surface area (Å²) in [6.07, 6.45) is 0.532. The van der Waals surface area contributed by atoms with Gasteiger partial charge in [0.05, 0.1) is 0 Å². The molecule has 0 atom stereocenters. The Balaban J connectivity index is 2.39. The zero-order valence-electron chi connectivity index (χ0n) is 7.60. The Morgan fingerprint density at radius 1 is 1.29 bits per heavy atom. The fourth-order valence-electron chi connectivity index (χ4n) is 1.10. The maximum absolute atomic E-state index is 10.3. The minimum Gasteiger partial charge on any atom is -0.331 e. The third-order valence-corrected chi connectivity index (χ3v) is 1.85. The van der Waals surface area contributed by atoms with Crippen LogP contribution < -0.4 is 0 Å². The van der Waals surface area contributed by atoms with Crippen molar-refractivity contribution in [1.82, 2.24) is 10.1 Å². The summed E-state index contributed by atoms with van der Waals surface area (Å²) < 4.78 is 4.67. The first-order valence-electron chi connectivity index (χ1n) is 4.15. The van der Waals surface area contributed by atoms with Crippen molar-refractivity contribution in [3.63, 3.8) is 0 Å². The molecule has 0 radical (unpaired) electrons. The number of hydrogen-bond donors (Lipinski definition) is 0. The Kier molecular flexibility index (Phi) is 2.10. The lowest BCUT2D eigenvalue weighted by molar-refractivity contribution is 0.108. The Morgan fingerprint density at radius 2 is 2.00 bits per heavy atom. The second kappa shape index (κ2) is 3.41. The van der Waals surface area contributed by atoms with E-state index in [9.17, 15) is 4.79 Å². The summed E-state index contributed by atoms with van der Waals surface area (Å²) in [6, 6.07) is 7.67. The maximum Gasteiger partial charge on any atom is 0.291 e. The second-order valence-corrected chi connectivity index (χ2v) is 2.94. The molecule has 1 aromatic heterocycles. The lowest BCUT2D eigenvalue weighted by Gasteiger charge is -1.93. The van der Waals surface area contributed by atoms with E-state index < -0.39 is 0 Å². The molecule has 1 aromatic carbocycles. The lowest BCUT2D eigenvalue weighted by Crippen LogP contribution is -1.82. The van der Waals surface area contributed by atoms with Gasteiger partial charge in [-0.2, -0.15) is 4.98 Å². The molecule has 4 nitrogen and oxygen atoms in total. The molecule has 0 amide bonds. The molecule has 0 spiro atoms. The molecule has 0 N–H and O–H groups in total. The average molecular weight is 188 g/mol. The molecule has 4 heteroatoms. The number of rotatable bonds is 2. The summed E-state index contributed by atoms with van der Waals surface area (Å²) in [4.78, 5) is 14.2. The van der Waals surface area contributed by atoms with Crippen LogP contribution in [0.25, 0.3) is 11.4 Å². The minimum absolute atomic E-state index is 0.000532. The van der Waals surface area contributed by atoms with Gasteiger partial charge in [0.2, 0.25) is 12.1 Å². The normalized spacial score (nSPS) is 10.1. The van der Waals surface area contributed by atoms with Gasteiger partial charge in [-0.1, -0.05) is 35.0 Å². The van der Waals surface area contributed by atoms with Gasteiger partial charge in [0, 0.05) is 5.56 Å². The molecule has 0 aliphatic rings. The average Bonchev–Trinajstić information content (AvgIpc) is 2.67. The topological polar surface area (TPSA) is 56.0 Å². The van der Waals surface area contributed by atoms with Crippen LogP contribution >= 0.6 is 0 Å². The molecule has 14 heavy (non-hydrogen) atoms. The van der Waals surface area contributed by atoms with E-state index in [1.807, 2.05) is 31.2 Å². The van der Waals surface area contributed by atoms with Crippen molar-refractivity contribution in [1.29, 1.82) is 0 Å². The van der Waals surface area contributed by atoms with Crippen LogP contribution in [0.2, 0.25) is 0 Å². The van der Waals surface area contributed by atoms with E-state index in [1.165, 1.54) is 0 Å². The van der Waals surface area contributed by atoms with Crippen LogP contribution in [0.15, 0.2) is 28.8 Å². The molecule has 2 rings (SSSR count). The van der Waals surface area contributed by atoms with E-state index in [0.717, 1.165) is 11.1 Å². The molecule has 1 heterocycles. The van der Waals surface area contributed by atoms with Gasteiger partial charge in [-0.15, -0.1) is 0 Å². The van der Waals surface area contributed by atoms with Crippen LogP contribution in [0, 0.1) is 6.92 Å². The molecule has 0 unspecified atom stereocenters. The van der Waals surface area contributed by atoms with Crippen LogP contribution in [0.3, 0.4) is 0 Å². The number of nitrogens with zero attached hydrogens (tertiary/aromatic N) is 2. The number of carbonyl (C=O) groups excluding carboxylic acids is 1. The summed E-state index contributed by atoms with van der Waals surface area (Å²) in [5, 5.41) is 3.67. The van der Waals surface area contributed by atoms with Crippen molar-refractivity contribution in [3.05, 3.63) is 35.7 Å². The Hall–Kier alpha value is -1.97. The van der Waals surface area contributed by atoms with Gasteiger partial charge in [0.15, 0.2) is 0 Å². The van der Waals surface area contributed by atoms with Crippen LogP contribution in [0.1, 0.15) is 16.2 Å². The smallest absolute Gasteiger partial charge is 0.291 e. The van der Waals surface area contributed by atoms with Crippen LogP contribution in [-0.4, -0.2) is 16.4 Å². The highest BCUT2D eigenvalue weighted by molar-refractivity contribution is 5.68. The van der Waals surface area contributed by atoms with Crippen molar-refractivity contribution in [2.45, 2.75) is 6.92 Å². The van der Waals surface area contributed by atoms with Crippen molar-refractivity contribution >= 4 is 6.29 Å². The molecular formula is C10H8N2O2. The molecule has 0 aliphatic carbocycles. The van der Waals surface area contributed by atoms with E-state index in [2.05, 4.69) is 14.7 Å². The third-order valence-electron chi connectivity index (χ3n) is 1.85. The van der Waals surface area contributed by atoms with Crippen molar-refractivity contribution < 1.29 is 9.32 Å². The fraction of sp³-hybridized carbons (Fsp3) is 0.100. The van der Waals surface area contributed by atoms with E-state index in [0.29, 0.717) is 12.1 Å². The monoisotopic (exact) mass is 188 g/mol. The van der Waals surface area contributed by atoms with Gasteiger partial charge in [0.25, 0.3) is 5.89 Å². The molecule has 2 aromatic rings. The number of aryl methyl sites for hydroxylation is 1. The lowest BCUT2D eigenvalue weighted by atomic mass is 10.1. The maximum atomic E-state index is 10.3. The molecular weight excluding hydrogens is 180 g/mol. The van der Waals surface area contributed by atoms with E-state index in [1.54, 1.807) is 0 Å². The van der Waals surface area contributed by atoms with Gasteiger partial charge in [-0.05, 0) is 6.92 Å².